The van der Waals surface area contributed by atoms with Crippen LogP contribution in [0.3, 0.4) is 0 Å². The molecule has 2 aromatic rings. The Balaban J connectivity index is 2.52. The van der Waals surface area contributed by atoms with Crippen molar-refractivity contribution in [2.75, 3.05) is 5.73 Å². The number of hydrogen-bond donors (Lipinski definition) is 1. The molecule has 0 bridgehead atoms. The normalized spacial score (nSPS) is 12.0. The van der Waals surface area contributed by atoms with Crippen LogP contribution in [0.1, 0.15) is 31.9 Å². The average molecular weight is 330 g/mol. The molecule has 2 N–H and O–H groups in total. The van der Waals surface area contributed by atoms with Crippen LogP contribution in [0.5, 0.6) is 0 Å². The van der Waals surface area contributed by atoms with Crippen molar-refractivity contribution in [3.05, 3.63) is 53.3 Å². The second-order valence-electron chi connectivity index (χ2n) is 7.05. The van der Waals surface area contributed by atoms with E-state index in [1.54, 1.807) is 6.07 Å². The van der Waals surface area contributed by atoms with Gasteiger partial charge in [-0.15, -0.1) is 0 Å². The molecule has 123 valence electrons. The van der Waals surface area contributed by atoms with Gasteiger partial charge in [-0.1, -0.05) is 39.0 Å². The summed E-state index contributed by atoms with van der Waals surface area (Å²) in [6.45, 7) is 11.3. The lowest BCUT2D eigenvalue weighted by Gasteiger charge is -2.22. The average Bonchev–Trinajstić information content (AvgIpc) is 2.44. The third-order valence-electron chi connectivity index (χ3n) is 3.79. The van der Waals surface area contributed by atoms with Gasteiger partial charge in [-0.25, -0.2) is 4.39 Å². The van der Waals surface area contributed by atoms with Crippen LogP contribution in [0, 0.1) is 5.82 Å². The molecule has 0 fully saturated rings. The van der Waals surface area contributed by atoms with Crippen molar-refractivity contribution < 1.29 is 8.82 Å². The van der Waals surface area contributed by atoms with E-state index in [1.807, 2.05) is 0 Å². The van der Waals surface area contributed by atoms with E-state index in [0.717, 1.165) is 16.7 Å². The predicted octanol–water partition coefficient (Wildman–Crippen LogP) is 5.14. The Morgan fingerprint density at radius 1 is 1.04 bits per heavy atom. The Bertz CT molecular complexity index is 692. The van der Waals surface area contributed by atoms with E-state index in [2.05, 4.69) is 52.1 Å². The van der Waals surface area contributed by atoms with E-state index in [9.17, 15) is 4.39 Å². The first kappa shape index (κ1) is 17.7. The third-order valence-corrected chi connectivity index (χ3v) is 4.51. The largest absolute Gasteiger partial charge is 0.413 e. The topological polar surface area (TPSA) is 35.2 Å². The zero-order chi connectivity index (χ0) is 17.2. The van der Waals surface area contributed by atoms with E-state index >= 15 is 0 Å². The molecule has 0 unspecified atom stereocenters. The highest BCUT2D eigenvalue weighted by Crippen LogP contribution is 2.33. The van der Waals surface area contributed by atoms with Gasteiger partial charge in [0.05, 0.1) is 6.61 Å². The monoisotopic (exact) mass is 330 g/mol. The molecule has 2 nitrogen and oxygen atoms in total. The van der Waals surface area contributed by atoms with Crippen LogP contribution in [0.15, 0.2) is 36.4 Å². The van der Waals surface area contributed by atoms with Crippen molar-refractivity contribution >= 4 is 14.7 Å². The number of rotatable bonds is 4. The molecular weight excluding hydrogens is 305 g/mol. The standard InChI is InChI=1S/C19H25FNOSi/c1-19(2,3)14-6-8-16(13(10-14)12-22-23(4)5)17-9-7-15(20)11-18(17)21/h6-11H,12,21H2,1-5H3. The maximum Gasteiger partial charge on any atom is 0.205 e. The molecule has 2 rings (SSSR count). The summed E-state index contributed by atoms with van der Waals surface area (Å²) in [5.74, 6) is -0.317. The van der Waals surface area contributed by atoms with Gasteiger partial charge < -0.3 is 10.2 Å². The first-order valence-corrected chi connectivity index (χ1v) is 10.2. The maximum absolute atomic E-state index is 13.3. The van der Waals surface area contributed by atoms with E-state index in [-0.39, 0.29) is 11.2 Å². The summed E-state index contributed by atoms with van der Waals surface area (Å²) >= 11 is 0. The molecule has 0 aliphatic carbocycles. The third kappa shape index (κ3) is 4.42. The predicted molar refractivity (Wildman–Crippen MR) is 97.2 cm³/mol. The van der Waals surface area contributed by atoms with Gasteiger partial charge in [-0.2, -0.15) is 0 Å². The molecule has 0 aromatic heterocycles. The summed E-state index contributed by atoms with van der Waals surface area (Å²) in [6, 6.07) is 10.9. The molecule has 0 saturated heterocycles. The molecule has 23 heavy (non-hydrogen) atoms. The molecule has 2 aromatic carbocycles. The molecule has 1 radical (unpaired) electrons. The van der Waals surface area contributed by atoms with Crippen LogP contribution < -0.4 is 5.73 Å². The lowest BCUT2D eigenvalue weighted by Crippen LogP contribution is -2.13. The molecule has 0 atom stereocenters. The summed E-state index contributed by atoms with van der Waals surface area (Å²) in [6.07, 6.45) is 0. The van der Waals surface area contributed by atoms with Gasteiger partial charge in [0.25, 0.3) is 0 Å². The van der Waals surface area contributed by atoms with Gasteiger partial charge in [-0.3, -0.25) is 0 Å². The fourth-order valence-electron chi connectivity index (χ4n) is 2.44. The minimum atomic E-state index is -0.786. The zero-order valence-electron chi connectivity index (χ0n) is 14.5. The Morgan fingerprint density at radius 3 is 2.26 bits per heavy atom. The van der Waals surface area contributed by atoms with Crippen LogP contribution in [-0.4, -0.2) is 9.04 Å². The van der Waals surface area contributed by atoms with Crippen LogP contribution in [-0.2, 0) is 16.4 Å². The fourth-order valence-corrected chi connectivity index (χ4v) is 2.89. The van der Waals surface area contributed by atoms with Gasteiger partial charge in [0.1, 0.15) is 5.82 Å². The molecule has 0 amide bonds. The lowest BCUT2D eigenvalue weighted by atomic mass is 9.84. The Labute approximate surface area is 140 Å². The SMILES string of the molecule is C[Si](C)OCc1cc(C(C)(C)C)ccc1-c1ccc(F)cc1N. The summed E-state index contributed by atoms with van der Waals surface area (Å²) in [5, 5.41) is 0. The number of benzene rings is 2. The van der Waals surface area contributed by atoms with E-state index < -0.39 is 9.04 Å². The maximum atomic E-state index is 13.3. The highest BCUT2D eigenvalue weighted by atomic mass is 28.3. The van der Waals surface area contributed by atoms with Gasteiger partial charge in [0, 0.05) is 11.3 Å². The first-order chi connectivity index (χ1) is 10.7. The van der Waals surface area contributed by atoms with Crippen LogP contribution in [0.4, 0.5) is 10.1 Å². The quantitative estimate of drug-likeness (QED) is 0.622. The fraction of sp³-hybridized carbons (Fsp3) is 0.368. The van der Waals surface area contributed by atoms with Crippen LogP contribution in [0.2, 0.25) is 13.1 Å². The van der Waals surface area contributed by atoms with Crippen molar-refractivity contribution in [2.24, 2.45) is 0 Å². The summed E-state index contributed by atoms with van der Waals surface area (Å²) in [4.78, 5) is 0. The van der Waals surface area contributed by atoms with Gasteiger partial charge >= 0.3 is 0 Å². The van der Waals surface area contributed by atoms with Crippen molar-refractivity contribution in [1.29, 1.82) is 0 Å². The van der Waals surface area contributed by atoms with E-state index in [1.165, 1.54) is 17.7 Å². The van der Waals surface area contributed by atoms with Gasteiger partial charge in [0.15, 0.2) is 0 Å². The van der Waals surface area contributed by atoms with E-state index in [0.29, 0.717) is 12.3 Å². The van der Waals surface area contributed by atoms with Crippen LogP contribution in [0.25, 0.3) is 11.1 Å². The second-order valence-corrected chi connectivity index (χ2v) is 9.16. The highest BCUT2D eigenvalue weighted by Gasteiger charge is 2.17. The number of halogens is 1. The van der Waals surface area contributed by atoms with Gasteiger partial charge in [0.2, 0.25) is 9.04 Å². The van der Waals surface area contributed by atoms with Crippen molar-refractivity contribution in [3.63, 3.8) is 0 Å². The highest BCUT2D eigenvalue weighted by molar-refractivity contribution is 6.48. The number of anilines is 1. The summed E-state index contributed by atoms with van der Waals surface area (Å²) < 4.78 is 19.2. The molecule has 0 heterocycles. The molecule has 0 aliphatic rings. The minimum Gasteiger partial charge on any atom is -0.413 e. The Morgan fingerprint density at radius 2 is 1.70 bits per heavy atom. The van der Waals surface area contributed by atoms with Crippen LogP contribution >= 0.6 is 0 Å². The van der Waals surface area contributed by atoms with Crippen molar-refractivity contribution in [2.45, 2.75) is 45.9 Å². The first-order valence-electron chi connectivity index (χ1n) is 7.80. The van der Waals surface area contributed by atoms with Gasteiger partial charge in [-0.05, 0) is 53.4 Å². The molecule has 4 heteroatoms. The molecule has 0 saturated carbocycles. The zero-order valence-corrected chi connectivity index (χ0v) is 15.5. The summed E-state index contributed by atoms with van der Waals surface area (Å²) in [5.41, 5.74) is 10.8. The van der Waals surface area contributed by atoms with Crippen molar-refractivity contribution in [3.8, 4) is 11.1 Å². The smallest absolute Gasteiger partial charge is 0.205 e. The number of nitrogens with two attached hydrogens (primary N) is 1. The molecular formula is C19H25FNOSi. The molecule has 0 spiro atoms. The number of nitrogen functional groups attached to an aromatic ring is 1. The summed E-state index contributed by atoms with van der Waals surface area (Å²) in [7, 11) is -0.786. The Kier molecular flexibility index (Phi) is 5.27. The number of hydrogen-bond acceptors (Lipinski definition) is 2. The Hall–Kier alpha value is -1.65. The van der Waals surface area contributed by atoms with E-state index in [4.69, 9.17) is 10.2 Å². The molecule has 0 aliphatic heterocycles. The lowest BCUT2D eigenvalue weighted by molar-refractivity contribution is 0.315. The minimum absolute atomic E-state index is 0.0633. The second kappa shape index (κ2) is 6.85. The van der Waals surface area contributed by atoms with Crippen molar-refractivity contribution in [1.82, 2.24) is 0 Å².